The van der Waals surface area contributed by atoms with Crippen molar-refractivity contribution in [3.8, 4) is 0 Å². The third-order valence-electron chi connectivity index (χ3n) is 2.13. The quantitative estimate of drug-likeness (QED) is 0.673. The molecule has 1 rings (SSSR count). The predicted molar refractivity (Wildman–Crippen MR) is 52.9 cm³/mol. The Morgan fingerprint density at radius 1 is 1.54 bits per heavy atom. The van der Waals surface area contributed by atoms with Crippen molar-refractivity contribution < 1.29 is 18.6 Å². The predicted octanol–water partition coefficient (Wildman–Crippen LogP) is 3.20. The summed E-state index contributed by atoms with van der Waals surface area (Å²) in [5, 5.41) is 0. The molecule has 1 unspecified atom stereocenters. The van der Waals surface area contributed by atoms with Crippen molar-refractivity contribution in [1.82, 2.24) is 0 Å². The van der Waals surface area contributed by atoms with Crippen LogP contribution in [-0.4, -0.2) is 0 Å². The van der Waals surface area contributed by atoms with Gasteiger partial charge in [-0.3, -0.25) is 0 Å². The Morgan fingerprint density at radius 2 is 2.23 bits per heavy atom. The molecule has 0 saturated carbocycles. The topological polar surface area (TPSA) is 0 Å². The van der Waals surface area contributed by atoms with Gasteiger partial charge in [0, 0.05) is 0 Å². The third-order valence-corrected chi connectivity index (χ3v) is 2.13. The van der Waals surface area contributed by atoms with Gasteiger partial charge in [0.25, 0.3) is 0 Å². The molecule has 0 aliphatic heterocycles. The van der Waals surface area contributed by atoms with Gasteiger partial charge in [-0.05, 0) is 0 Å². The van der Waals surface area contributed by atoms with Crippen LogP contribution in [0.5, 0.6) is 0 Å². The van der Waals surface area contributed by atoms with E-state index in [0.717, 1.165) is 6.42 Å². The monoisotopic (exact) mass is 211 g/mol. The summed E-state index contributed by atoms with van der Waals surface area (Å²) in [5.41, 5.74) is 2.65. The first-order chi connectivity index (χ1) is 5.72. The SMILES string of the molecule is C[CH-]C(C)Cc1[c-]ccc(C)c1.[V+2]. The minimum absolute atomic E-state index is 0. The van der Waals surface area contributed by atoms with Gasteiger partial charge in [0.05, 0.1) is 0 Å². The van der Waals surface area contributed by atoms with Gasteiger partial charge in [0.2, 0.25) is 0 Å². The Labute approximate surface area is 93.6 Å². The van der Waals surface area contributed by atoms with Crippen molar-refractivity contribution >= 4 is 0 Å². The average molecular weight is 211 g/mol. The molecule has 1 heteroatoms. The molecule has 0 saturated heterocycles. The van der Waals surface area contributed by atoms with Crippen molar-refractivity contribution in [2.24, 2.45) is 5.92 Å². The van der Waals surface area contributed by atoms with E-state index >= 15 is 0 Å². The normalized spacial score (nSPS) is 11.9. The van der Waals surface area contributed by atoms with Crippen LogP contribution in [0.25, 0.3) is 0 Å². The first-order valence-corrected chi connectivity index (χ1v) is 4.49. The summed E-state index contributed by atoms with van der Waals surface area (Å²) >= 11 is 0. The third kappa shape index (κ3) is 4.54. The summed E-state index contributed by atoms with van der Waals surface area (Å²) in [6.45, 7) is 6.47. The van der Waals surface area contributed by atoms with Gasteiger partial charge in [-0.15, -0.1) is 0 Å². The average Bonchev–Trinajstić information content (AvgIpc) is 2.04. The van der Waals surface area contributed by atoms with Gasteiger partial charge in [0.15, 0.2) is 0 Å². The number of rotatable bonds is 3. The van der Waals surface area contributed by atoms with Gasteiger partial charge >= 0.3 is 18.6 Å². The summed E-state index contributed by atoms with van der Waals surface area (Å²) in [6, 6.07) is 9.56. The molecule has 1 atom stereocenters. The number of hydrogen-bond donors (Lipinski definition) is 0. The van der Waals surface area contributed by atoms with E-state index in [2.05, 4.69) is 45.4 Å². The summed E-state index contributed by atoms with van der Waals surface area (Å²) in [7, 11) is 0. The van der Waals surface area contributed by atoms with E-state index in [1.54, 1.807) is 0 Å². The van der Waals surface area contributed by atoms with Crippen LogP contribution in [0.3, 0.4) is 0 Å². The summed E-state index contributed by atoms with van der Waals surface area (Å²) < 4.78 is 0. The Bertz CT molecular complexity index is 243. The number of hydrogen-bond acceptors (Lipinski definition) is 0. The molecule has 0 aliphatic rings. The minimum atomic E-state index is 0. The zero-order valence-electron chi connectivity index (χ0n) is 8.54. The van der Waals surface area contributed by atoms with Crippen LogP contribution in [-0.2, 0) is 25.0 Å². The zero-order valence-corrected chi connectivity index (χ0v) is 9.94. The van der Waals surface area contributed by atoms with Crippen molar-refractivity contribution in [2.75, 3.05) is 0 Å². The molecule has 1 radical (unpaired) electrons. The Hall–Kier alpha value is -0.196. The van der Waals surface area contributed by atoms with Crippen LogP contribution < -0.4 is 0 Å². The first-order valence-electron chi connectivity index (χ1n) is 4.49. The van der Waals surface area contributed by atoms with Gasteiger partial charge in [-0.2, -0.15) is 48.2 Å². The fourth-order valence-corrected chi connectivity index (χ4v) is 1.23. The molecule has 13 heavy (non-hydrogen) atoms. The fraction of sp³-hybridized carbons (Fsp3) is 0.417. The van der Waals surface area contributed by atoms with Crippen LogP contribution in [0.1, 0.15) is 25.0 Å². The van der Waals surface area contributed by atoms with Crippen LogP contribution in [0.2, 0.25) is 0 Å². The first kappa shape index (κ1) is 12.8. The van der Waals surface area contributed by atoms with Crippen LogP contribution in [0.15, 0.2) is 18.2 Å². The molecule has 0 heterocycles. The van der Waals surface area contributed by atoms with E-state index in [-0.39, 0.29) is 18.6 Å². The Morgan fingerprint density at radius 3 is 2.77 bits per heavy atom. The summed E-state index contributed by atoms with van der Waals surface area (Å²) in [5.74, 6) is 0.656. The summed E-state index contributed by atoms with van der Waals surface area (Å²) in [4.78, 5) is 0. The molecule has 0 aromatic heterocycles. The van der Waals surface area contributed by atoms with Crippen LogP contribution in [0, 0.1) is 25.3 Å². The minimum Gasteiger partial charge on any atom is -0.328 e. The largest absolute Gasteiger partial charge is 2.00 e. The maximum absolute atomic E-state index is 3.25. The van der Waals surface area contributed by atoms with E-state index < -0.39 is 0 Å². The van der Waals surface area contributed by atoms with E-state index in [1.807, 2.05) is 6.07 Å². The molecule has 0 aliphatic carbocycles. The fourth-order valence-electron chi connectivity index (χ4n) is 1.23. The molecule has 0 spiro atoms. The van der Waals surface area contributed by atoms with Crippen LogP contribution in [0.4, 0.5) is 0 Å². The molecule has 0 bridgehead atoms. The van der Waals surface area contributed by atoms with Crippen molar-refractivity contribution in [3.05, 3.63) is 41.8 Å². The van der Waals surface area contributed by atoms with Crippen molar-refractivity contribution in [2.45, 2.75) is 27.2 Å². The molecule has 0 N–H and O–H groups in total. The second-order valence-electron chi connectivity index (χ2n) is 3.41. The van der Waals surface area contributed by atoms with Crippen LogP contribution >= 0.6 is 0 Å². The molecule has 1 aromatic carbocycles. The smallest absolute Gasteiger partial charge is 0.328 e. The second kappa shape index (κ2) is 6.29. The van der Waals surface area contributed by atoms with E-state index in [0.29, 0.717) is 5.92 Å². The Kier molecular flexibility index (Phi) is 6.19. The summed E-state index contributed by atoms with van der Waals surface area (Å²) in [6.07, 6.45) is 3.34. The van der Waals surface area contributed by atoms with Gasteiger partial charge < -0.3 is 6.42 Å². The molecular formula is C12H16V. The molecule has 1 aromatic rings. The molecule has 0 amide bonds. The zero-order chi connectivity index (χ0) is 8.97. The molecule has 0 nitrogen and oxygen atoms in total. The van der Waals surface area contributed by atoms with Crippen molar-refractivity contribution in [1.29, 1.82) is 0 Å². The van der Waals surface area contributed by atoms with E-state index in [9.17, 15) is 0 Å². The van der Waals surface area contributed by atoms with E-state index in [1.165, 1.54) is 11.1 Å². The molecular weight excluding hydrogens is 195 g/mol. The van der Waals surface area contributed by atoms with Gasteiger partial charge in [0.1, 0.15) is 0 Å². The Balaban J connectivity index is 0.00000144. The maximum Gasteiger partial charge on any atom is 2.00 e. The van der Waals surface area contributed by atoms with Gasteiger partial charge in [-0.1, -0.05) is 20.3 Å². The maximum atomic E-state index is 3.25. The van der Waals surface area contributed by atoms with Gasteiger partial charge in [-0.25, -0.2) is 0 Å². The standard InChI is InChI=1S/C12H16.V/c1-4-10(2)8-12-7-5-6-11(3)9-12;/h4-6,9-10H,8H2,1-3H3;/q-2;+2. The van der Waals surface area contributed by atoms with E-state index in [4.69, 9.17) is 0 Å². The number of aryl methyl sites for hydroxylation is 1. The number of benzene rings is 1. The van der Waals surface area contributed by atoms with Crippen molar-refractivity contribution in [3.63, 3.8) is 0 Å². The molecule has 0 fully saturated rings. The second-order valence-corrected chi connectivity index (χ2v) is 3.41. The molecule has 69 valence electrons.